The molecule has 0 bridgehead atoms. The lowest BCUT2D eigenvalue weighted by Crippen LogP contribution is -2.42. The van der Waals surface area contributed by atoms with Gasteiger partial charge >= 0.3 is 0 Å². The number of rotatable bonds is 6. The molecule has 1 amide bonds. The van der Waals surface area contributed by atoms with Gasteiger partial charge in [0.2, 0.25) is 0 Å². The van der Waals surface area contributed by atoms with Crippen LogP contribution in [0.3, 0.4) is 0 Å². The molecule has 2 N–H and O–H groups in total. The molecule has 0 spiro atoms. The van der Waals surface area contributed by atoms with E-state index in [0.29, 0.717) is 18.4 Å². The van der Waals surface area contributed by atoms with Crippen LogP contribution in [0.25, 0.3) is 0 Å². The smallest absolute Gasteiger partial charge is 0.282 e. The molecule has 1 aromatic carbocycles. The van der Waals surface area contributed by atoms with Crippen molar-refractivity contribution < 1.29 is 14.8 Å². The topological polar surface area (TPSA) is 92.5 Å². The average molecular weight is 280 g/mol. The zero-order valence-electron chi connectivity index (χ0n) is 12.0. The van der Waals surface area contributed by atoms with Crippen LogP contribution < -0.4 is 5.32 Å². The van der Waals surface area contributed by atoms with Crippen molar-refractivity contribution in [3.05, 3.63) is 39.4 Å². The van der Waals surface area contributed by atoms with Gasteiger partial charge in [0.25, 0.3) is 11.6 Å². The second kappa shape index (κ2) is 6.47. The van der Waals surface area contributed by atoms with Crippen molar-refractivity contribution in [3.63, 3.8) is 0 Å². The Hall–Kier alpha value is -1.95. The summed E-state index contributed by atoms with van der Waals surface area (Å²) in [7, 11) is 0. The summed E-state index contributed by atoms with van der Waals surface area (Å²) >= 11 is 0. The fraction of sp³-hybridized carbons (Fsp3) is 0.500. The highest BCUT2D eigenvalue weighted by molar-refractivity contribution is 5.99. The van der Waals surface area contributed by atoms with Gasteiger partial charge in [-0.25, -0.2) is 0 Å². The fourth-order valence-electron chi connectivity index (χ4n) is 1.93. The summed E-state index contributed by atoms with van der Waals surface area (Å²) in [6.45, 7) is 5.37. The maximum Gasteiger partial charge on any atom is 0.282 e. The van der Waals surface area contributed by atoms with Gasteiger partial charge in [0, 0.05) is 12.6 Å². The molecule has 110 valence electrons. The molecular weight excluding hydrogens is 260 g/mol. The number of hydrogen-bond donors (Lipinski definition) is 2. The van der Waals surface area contributed by atoms with Crippen molar-refractivity contribution in [2.45, 2.75) is 39.2 Å². The van der Waals surface area contributed by atoms with Crippen molar-refractivity contribution in [3.8, 4) is 0 Å². The number of nitrogens with zero attached hydrogens (tertiary/aromatic N) is 1. The van der Waals surface area contributed by atoms with Crippen LogP contribution in [-0.2, 0) is 0 Å². The largest absolute Gasteiger partial charge is 0.388 e. The molecule has 1 aromatic rings. The summed E-state index contributed by atoms with van der Waals surface area (Å²) in [5.41, 5.74) is -0.619. The SMILES string of the molecule is CCC(O)(CC)CNC(=O)c1c(C)cccc1[N+](=O)[O-]. The molecule has 0 unspecified atom stereocenters. The number of amides is 1. The van der Waals surface area contributed by atoms with Crippen molar-refractivity contribution in [2.24, 2.45) is 0 Å². The zero-order chi connectivity index (χ0) is 15.3. The zero-order valence-corrected chi connectivity index (χ0v) is 12.0. The molecule has 1 rings (SSSR count). The van der Waals surface area contributed by atoms with E-state index in [-0.39, 0.29) is 17.8 Å². The van der Waals surface area contributed by atoms with Gasteiger partial charge in [-0.3, -0.25) is 14.9 Å². The highest BCUT2D eigenvalue weighted by atomic mass is 16.6. The highest BCUT2D eigenvalue weighted by Gasteiger charge is 2.26. The second-order valence-corrected chi connectivity index (χ2v) is 4.84. The summed E-state index contributed by atoms with van der Waals surface area (Å²) in [6.07, 6.45) is 0.999. The van der Waals surface area contributed by atoms with E-state index in [9.17, 15) is 20.0 Å². The number of nitrogens with one attached hydrogen (secondary N) is 1. The standard InChI is InChI=1S/C14H20N2O4/c1-4-14(18,5-2)9-15-13(17)12-10(3)7-6-8-11(12)16(19)20/h6-8,18H,4-5,9H2,1-3H3,(H,15,17). The Labute approximate surface area is 118 Å². The fourth-order valence-corrected chi connectivity index (χ4v) is 1.93. The molecule has 0 radical (unpaired) electrons. The molecule has 0 aliphatic carbocycles. The molecule has 6 heteroatoms. The molecule has 6 nitrogen and oxygen atoms in total. The van der Waals surface area contributed by atoms with Crippen molar-refractivity contribution in [1.82, 2.24) is 5.32 Å². The summed E-state index contributed by atoms with van der Waals surface area (Å²) in [5, 5.41) is 23.7. The Morgan fingerprint density at radius 1 is 1.40 bits per heavy atom. The minimum atomic E-state index is -0.979. The van der Waals surface area contributed by atoms with Crippen LogP contribution in [0.5, 0.6) is 0 Å². The molecule has 0 saturated carbocycles. The number of carbonyl (C=O) groups excluding carboxylic acids is 1. The summed E-state index contributed by atoms with van der Waals surface area (Å²) in [5.74, 6) is -0.532. The van der Waals surface area contributed by atoms with Crippen LogP contribution in [0.1, 0.15) is 42.6 Å². The number of aryl methyl sites for hydroxylation is 1. The van der Waals surface area contributed by atoms with Gasteiger partial charge < -0.3 is 10.4 Å². The predicted octanol–water partition coefficient (Wildman–Crippen LogP) is 2.18. The van der Waals surface area contributed by atoms with Crippen LogP contribution in [0.15, 0.2) is 18.2 Å². The third-order valence-corrected chi connectivity index (χ3v) is 3.57. The third-order valence-electron chi connectivity index (χ3n) is 3.57. The van der Waals surface area contributed by atoms with Crippen molar-refractivity contribution in [2.75, 3.05) is 6.54 Å². The van der Waals surface area contributed by atoms with Crippen LogP contribution in [-0.4, -0.2) is 28.1 Å². The third kappa shape index (κ3) is 3.54. The van der Waals surface area contributed by atoms with Crippen molar-refractivity contribution in [1.29, 1.82) is 0 Å². The van der Waals surface area contributed by atoms with Gasteiger partial charge in [0.1, 0.15) is 5.56 Å². The molecular formula is C14H20N2O4. The second-order valence-electron chi connectivity index (χ2n) is 4.84. The first-order valence-corrected chi connectivity index (χ1v) is 6.59. The predicted molar refractivity (Wildman–Crippen MR) is 75.7 cm³/mol. The van der Waals surface area contributed by atoms with E-state index >= 15 is 0 Å². The molecule has 0 aromatic heterocycles. The monoisotopic (exact) mass is 280 g/mol. The van der Waals surface area contributed by atoms with E-state index in [4.69, 9.17) is 0 Å². The van der Waals surface area contributed by atoms with Crippen LogP contribution in [0, 0.1) is 17.0 Å². The summed E-state index contributed by atoms with van der Waals surface area (Å²) in [6, 6.07) is 4.49. The Balaban J connectivity index is 2.96. The first-order chi connectivity index (χ1) is 9.34. The highest BCUT2D eigenvalue weighted by Crippen LogP contribution is 2.22. The summed E-state index contributed by atoms with van der Waals surface area (Å²) in [4.78, 5) is 22.5. The molecule has 20 heavy (non-hydrogen) atoms. The average Bonchev–Trinajstić information content (AvgIpc) is 2.44. The number of nitro groups is 1. The Kier molecular flexibility index (Phi) is 5.21. The molecule has 0 atom stereocenters. The van der Waals surface area contributed by atoms with Gasteiger partial charge in [0.05, 0.1) is 10.5 Å². The first-order valence-electron chi connectivity index (χ1n) is 6.59. The van der Waals surface area contributed by atoms with E-state index in [1.807, 2.05) is 13.8 Å². The molecule has 0 saturated heterocycles. The lowest BCUT2D eigenvalue weighted by molar-refractivity contribution is -0.385. The normalized spacial score (nSPS) is 11.2. The number of hydrogen-bond acceptors (Lipinski definition) is 4. The Bertz CT molecular complexity index is 510. The molecule has 0 aliphatic heterocycles. The summed E-state index contributed by atoms with van der Waals surface area (Å²) < 4.78 is 0. The quantitative estimate of drug-likeness (QED) is 0.617. The van der Waals surface area contributed by atoms with E-state index < -0.39 is 16.4 Å². The maximum atomic E-state index is 12.1. The number of nitro benzene ring substituents is 1. The van der Waals surface area contributed by atoms with Crippen LogP contribution >= 0.6 is 0 Å². The minimum absolute atomic E-state index is 0.0482. The first kappa shape index (κ1) is 16.1. The minimum Gasteiger partial charge on any atom is -0.388 e. The van der Waals surface area contributed by atoms with Crippen LogP contribution in [0.4, 0.5) is 5.69 Å². The maximum absolute atomic E-state index is 12.1. The molecule has 0 heterocycles. The van der Waals surface area contributed by atoms with E-state index in [2.05, 4.69) is 5.32 Å². The Morgan fingerprint density at radius 3 is 2.50 bits per heavy atom. The van der Waals surface area contributed by atoms with Crippen LogP contribution in [0.2, 0.25) is 0 Å². The van der Waals surface area contributed by atoms with Gasteiger partial charge in [-0.05, 0) is 25.3 Å². The van der Waals surface area contributed by atoms with Gasteiger partial charge in [-0.2, -0.15) is 0 Å². The lowest BCUT2D eigenvalue weighted by Gasteiger charge is -2.25. The Morgan fingerprint density at radius 2 is 2.00 bits per heavy atom. The molecule has 0 aliphatic rings. The lowest BCUT2D eigenvalue weighted by atomic mass is 9.97. The van der Waals surface area contributed by atoms with E-state index in [1.54, 1.807) is 19.1 Å². The van der Waals surface area contributed by atoms with Gasteiger partial charge in [0.15, 0.2) is 0 Å². The number of benzene rings is 1. The number of aliphatic hydroxyl groups is 1. The van der Waals surface area contributed by atoms with E-state index in [0.717, 1.165) is 0 Å². The van der Waals surface area contributed by atoms with Crippen molar-refractivity contribution >= 4 is 11.6 Å². The molecule has 0 fully saturated rings. The number of carbonyl (C=O) groups is 1. The van der Waals surface area contributed by atoms with Gasteiger partial charge in [-0.1, -0.05) is 26.0 Å². The van der Waals surface area contributed by atoms with Gasteiger partial charge in [-0.15, -0.1) is 0 Å². The van der Waals surface area contributed by atoms with E-state index in [1.165, 1.54) is 6.07 Å².